The van der Waals surface area contributed by atoms with E-state index in [2.05, 4.69) is 18.3 Å². The fourth-order valence-electron chi connectivity index (χ4n) is 2.40. The summed E-state index contributed by atoms with van der Waals surface area (Å²) < 4.78 is 11.2. The quantitative estimate of drug-likeness (QED) is 0.719. The van der Waals surface area contributed by atoms with Gasteiger partial charge >= 0.3 is 0 Å². The van der Waals surface area contributed by atoms with E-state index in [0.717, 1.165) is 42.9 Å². The first kappa shape index (κ1) is 18.3. The zero-order valence-corrected chi connectivity index (χ0v) is 14.3. The Morgan fingerprint density at radius 1 is 1.05 bits per heavy atom. The van der Waals surface area contributed by atoms with E-state index in [4.69, 9.17) is 9.47 Å². The van der Waals surface area contributed by atoms with Crippen molar-refractivity contribution in [2.75, 3.05) is 20.3 Å². The lowest BCUT2D eigenvalue weighted by Crippen LogP contribution is -2.24. The molecule has 1 aromatic rings. The summed E-state index contributed by atoms with van der Waals surface area (Å²) in [6.07, 6.45) is 4.15. The topological polar surface area (TPSA) is 47.6 Å². The minimum absolute atomic E-state index is 0.0946. The molecule has 0 aromatic heterocycles. The van der Waals surface area contributed by atoms with Crippen molar-refractivity contribution >= 4 is 5.91 Å². The lowest BCUT2D eigenvalue weighted by Gasteiger charge is -2.15. The molecule has 4 heteroatoms. The predicted octanol–water partition coefficient (Wildman–Crippen LogP) is 3.51. The van der Waals surface area contributed by atoms with Crippen LogP contribution >= 0.6 is 0 Å². The summed E-state index contributed by atoms with van der Waals surface area (Å²) in [5.41, 5.74) is 2.26. The molecule has 1 aromatic carbocycles. The van der Waals surface area contributed by atoms with Gasteiger partial charge in [0.1, 0.15) is 11.5 Å². The molecule has 124 valence electrons. The number of rotatable bonds is 10. The number of carbonyl (C=O) groups excluding carboxylic acids is 1. The van der Waals surface area contributed by atoms with Crippen molar-refractivity contribution in [1.82, 2.24) is 5.32 Å². The van der Waals surface area contributed by atoms with Gasteiger partial charge in [-0.05, 0) is 43.4 Å². The highest BCUT2D eigenvalue weighted by Gasteiger charge is 2.12. The van der Waals surface area contributed by atoms with Gasteiger partial charge in [-0.3, -0.25) is 4.79 Å². The van der Waals surface area contributed by atoms with Crippen molar-refractivity contribution in [3.05, 3.63) is 23.3 Å². The Kier molecular flexibility index (Phi) is 8.41. The number of amides is 1. The molecule has 0 aliphatic carbocycles. The second-order valence-electron chi connectivity index (χ2n) is 5.30. The van der Waals surface area contributed by atoms with Crippen molar-refractivity contribution in [3.8, 4) is 11.5 Å². The summed E-state index contributed by atoms with van der Waals surface area (Å²) in [5, 5.41) is 2.91. The first-order valence-electron chi connectivity index (χ1n) is 8.25. The molecule has 0 aliphatic rings. The molecule has 0 heterocycles. The van der Waals surface area contributed by atoms with E-state index in [1.807, 2.05) is 19.9 Å². The maximum atomic E-state index is 11.8. The molecule has 1 rings (SSSR count). The Bertz CT molecular complexity index is 472. The molecule has 4 nitrogen and oxygen atoms in total. The second-order valence-corrected chi connectivity index (χ2v) is 5.30. The average molecular weight is 307 g/mol. The third kappa shape index (κ3) is 5.58. The van der Waals surface area contributed by atoms with Gasteiger partial charge in [0, 0.05) is 19.0 Å². The summed E-state index contributed by atoms with van der Waals surface area (Å²) in [5.74, 6) is 1.78. The summed E-state index contributed by atoms with van der Waals surface area (Å²) in [4.78, 5) is 11.8. The maximum Gasteiger partial charge on any atom is 0.220 e. The molecule has 1 N–H and O–H groups in total. The van der Waals surface area contributed by atoms with Crippen LogP contribution in [0.25, 0.3) is 0 Å². The summed E-state index contributed by atoms with van der Waals surface area (Å²) in [6.45, 7) is 7.50. The van der Waals surface area contributed by atoms with E-state index in [1.165, 1.54) is 5.56 Å². The third-order valence-electron chi connectivity index (χ3n) is 3.48. The Morgan fingerprint density at radius 2 is 1.77 bits per heavy atom. The van der Waals surface area contributed by atoms with Crippen LogP contribution < -0.4 is 14.8 Å². The van der Waals surface area contributed by atoms with Crippen LogP contribution in [-0.2, 0) is 17.6 Å². The Morgan fingerprint density at radius 3 is 2.36 bits per heavy atom. The molecule has 0 aliphatic heterocycles. The molecule has 22 heavy (non-hydrogen) atoms. The van der Waals surface area contributed by atoms with Crippen LogP contribution in [0.1, 0.15) is 51.2 Å². The summed E-state index contributed by atoms with van der Waals surface area (Å²) in [7, 11) is 1.68. The molecule has 0 fully saturated rings. The van der Waals surface area contributed by atoms with Gasteiger partial charge in [-0.15, -0.1) is 0 Å². The minimum Gasteiger partial charge on any atom is -0.496 e. The van der Waals surface area contributed by atoms with Crippen LogP contribution in [0.5, 0.6) is 11.5 Å². The number of hydrogen-bond donors (Lipinski definition) is 1. The second kappa shape index (κ2) is 10.1. The smallest absolute Gasteiger partial charge is 0.220 e. The van der Waals surface area contributed by atoms with E-state index >= 15 is 0 Å². The van der Waals surface area contributed by atoms with Gasteiger partial charge in [0.2, 0.25) is 5.91 Å². The SMILES string of the molecule is CCCNC(=O)CCc1cc(CCC)c(OC)cc1OCC. The van der Waals surface area contributed by atoms with Gasteiger partial charge in [-0.1, -0.05) is 20.3 Å². The normalized spacial score (nSPS) is 10.4. The monoisotopic (exact) mass is 307 g/mol. The molecular formula is C18H29NO3. The number of hydrogen-bond acceptors (Lipinski definition) is 3. The lowest BCUT2D eigenvalue weighted by atomic mass is 10.0. The Balaban J connectivity index is 2.89. The molecule has 0 saturated heterocycles. The van der Waals surface area contributed by atoms with Crippen LogP contribution in [0.3, 0.4) is 0 Å². The van der Waals surface area contributed by atoms with Gasteiger partial charge in [0.25, 0.3) is 0 Å². The van der Waals surface area contributed by atoms with E-state index in [0.29, 0.717) is 19.4 Å². The Labute approximate surface area is 134 Å². The van der Waals surface area contributed by atoms with E-state index in [1.54, 1.807) is 7.11 Å². The highest BCUT2D eigenvalue weighted by molar-refractivity contribution is 5.76. The molecule has 0 radical (unpaired) electrons. The van der Waals surface area contributed by atoms with E-state index in [9.17, 15) is 4.79 Å². The van der Waals surface area contributed by atoms with Crippen LogP contribution in [-0.4, -0.2) is 26.2 Å². The van der Waals surface area contributed by atoms with E-state index in [-0.39, 0.29) is 5.91 Å². The highest BCUT2D eigenvalue weighted by atomic mass is 16.5. The number of ether oxygens (including phenoxy) is 2. The number of aryl methyl sites for hydroxylation is 2. The summed E-state index contributed by atoms with van der Waals surface area (Å²) >= 11 is 0. The fraction of sp³-hybridized carbons (Fsp3) is 0.611. The van der Waals surface area contributed by atoms with Crippen molar-refractivity contribution in [3.63, 3.8) is 0 Å². The van der Waals surface area contributed by atoms with Gasteiger partial charge in [0.15, 0.2) is 0 Å². The lowest BCUT2D eigenvalue weighted by molar-refractivity contribution is -0.121. The molecule has 0 unspecified atom stereocenters. The minimum atomic E-state index is 0.0946. The van der Waals surface area contributed by atoms with Gasteiger partial charge < -0.3 is 14.8 Å². The van der Waals surface area contributed by atoms with Gasteiger partial charge in [-0.25, -0.2) is 0 Å². The fourth-order valence-corrected chi connectivity index (χ4v) is 2.40. The predicted molar refractivity (Wildman–Crippen MR) is 89.8 cm³/mol. The highest BCUT2D eigenvalue weighted by Crippen LogP contribution is 2.31. The van der Waals surface area contributed by atoms with Crippen molar-refractivity contribution in [2.24, 2.45) is 0 Å². The Hall–Kier alpha value is -1.71. The van der Waals surface area contributed by atoms with Crippen molar-refractivity contribution in [1.29, 1.82) is 0 Å². The van der Waals surface area contributed by atoms with Crippen molar-refractivity contribution < 1.29 is 14.3 Å². The van der Waals surface area contributed by atoms with Crippen molar-refractivity contribution in [2.45, 2.75) is 52.9 Å². The molecule has 1 amide bonds. The molecule has 0 spiro atoms. The van der Waals surface area contributed by atoms with Crippen LogP contribution in [0.4, 0.5) is 0 Å². The maximum absolute atomic E-state index is 11.8. The molecule has 0 bridgehead atoms. The summed E-state index contributed by atoms with van der Waals surface area (Å²) in [6, 6.07) is 4.08. The number of benzene rings is 1. The zero-order valence-electron chi connectivity index (χ0n) is 14.3. The number of carbonyl (C=O) groups is 1. The first-order chi connectivity index (χ1) is 10.7. The van der Waals surface area contributed by atoms with Crippen LogP contribution in [0.15, 0.2) is 12.1 Å². The van der Waals surface area contributed by atoms with E-state index < -0.39 is 0 Å². The zero-order chi connectivity index (χ0) is 16.4. The van der Waals surface area contributed by atoms with Crippen LogP contribution in [0.2, 0.25) is 0 Å². The van der Waals surface area contributed by atoms with Crippen LogP contribution in [0, 0.1) is 0 Å². The average Bonchev–Trinajstić information content (AvgIpc) is 2.52. The first-order valence-corrected chi connectivity index (χ1v) is 8.25. The standard InChI is InChI=1S/C18H29NO3/c1-5-8-14-12-15(9-10-18(20)19-11-6-2)17(22-7-3)13-16(14)21-4/h12-13H,5-11H2,1-4H3,(H,19,20). The van der Waals surface area contributed by atoms with Gasteiger partial charge in [-0.2, -0.15) is 0 Å². The van der Waals surface area contributed by atoms with Gasteiger partial charge in [0.05, 0.1) is 13.7 Å². The third-order valence-corrected chi connectivity index (χ3v) is 3.48. The largest absolute Gasteiger partial charge is 0.496 e. The number of nitrogens with one attached hydrogen (secondary N) is 1. The molecule has 0 atom stereocenters. The molecular weight excluding hydrogens is 278 g/mol. The molecule has 0 saturated carbocycles. The number of methoxy groups -OCH3 is 1.